The van der Waals surface area contributed by atoms with E-state index >= 15 is 0 Å². The van der Waals surface area contributed by atoms with Crippen LogP contribution in [0.5, 0.6) is 0 Å². The summed E-state index contributed by atoms with van der Waals surface area (Å²) in [5.74, 6) is -1.98. The molecule has 0 aromatic heterocycles. The summed E-state index contributed by atoms with van der Waals surface area (Å²) >= 11 is 0. The van der Waals surface area contributed by atoms with Gasteiger partial charge >= 0.3 is 17.9 Å². The largest absolute Gasteiger partial charge is 0.477 e. The molecule has 0 aromatic rings. The Kier molecular flexibility index (Phi) is 72.9. The zero-order valence-electron chi connectivity index (χ0n) is 63.1. The monoisotopic (exact) mass is 1330 g/mol. The summed E-state index contributed by atoms with van der Waals surface area (Å²) in [5, 5.41) is 9.78. The number of aliphatic carboxylic acids is 1. The van der Waals surface area contributed by atoms with Crippen LogP contribution in [-0.4, -0.2) is 87.4 Å². The van der Waals surface area contributed by atoms with Gasteiger partial charge in [-0.1, -0.05) is 361 Å². The smallest absolute Gasteiger partial charge is 0.361 e. The highest BCUT2D eigenvalue weighted by Crippen LogP contribution is 2.19. The van der Waals surface area contributed by atoms with Crippen molar-refractivity contribution in [3.8, 4) is 0 Å². The van der Waals surface area contributed by atoms with E-state index in [1.807, 2.05) is 21.1 Å². The summed E-state index contributed by atoms with van der Waals surface area (Å²) in [4.78, 5) is 37.7. The molecule has 9 nitrogen and oxygen atoms in total. The summed E-state index contributed by atoms with van der Waals surface area (Å²) < 4.78 is 23.1. The van der Waals surface area contributed by atoms with Crippen molar-refractivity contribution in [2.45, 2.75) is 386 Å². The quantitative estimate of drug-likeness (QED) is 0.0211. The second-order valence-electron chi connectivity index (χ2n) is 28.3. The van der Waals surface area contributed by atoms with Crippen molar-refractivity contribution in [1.29, 1.82) is 0 Å². The van der Waals surface area contributed by atoms with Crippen LogP contribution in [0.4, 0.5) is 0 Å². The number of hydrogen-bond acceptors (Lipinski definition) is 7. The van der Waals surface area contributed by atoms with Crippen molar-refractivity contribution in [2.24, 2.45) is 0 Å². The van der Waals surface area contributed by atoms with Crippen LogP contribution in [0, 0.1) is 0 Å². The molecule has 0 saturated carbocycles. The van der Waals surface area contributed by atoms with Crippen molar-refractivity contribution in [3.63, 3.8) is 0 Å². The van der Waals surface area contributed by atoms with E-state index in [4.69, 9.17) is 18.9 Å². The van der Waals surface area contributed by atoms with E-state index < -0.39 is 18.4 Å². The molecule has 0 aliphatic heterocycles. The van der Waals surface area contributed by atoms with Gasteiger partial charge in [-0.25, -0.2) is 4.79 Å². The highest BCUT2D eigenvalue weighted by Gasteiger charge is 2.25. The molecule has 2 unspecified atom stereocenters. The molecule has 95 heavy (non-hydrogen) atoms. The fourth-order valence-corrected chi connectivity index (χ4v) is 11.7. The Morgan fingerprint density at radius 3 is 0.905 bits per heavy atom. The van der Waals surface area contributed by atoms with Gasteiger partial charge in [-0.05, 0) is 96.3 Å². The third kappa shape index (κ3) is 77.4. The summed E-state index contributed by atoms with van der Waals surface area (Å²) in [6, 6.07) is 0. The first kappa shape index (κ1) is 91.2. The molecule has 1 N–H and O–H groups in total. The molecule has 0 rings (SSSR count). The van der Waals surface area contributed by atoms with Gasteiger partial charge in [0.2, 0.25) is 0 Å². The lowest BCUT2D eigenvalue weighted by atomic mass is 10.0. The zero-order chi connectivity index (χ0) is 69.0. The number of rotatable bonds is 75. The molecular formula is C86H154NO8+. The number of hydrogen-bond donors (Lipinski definition) is 1. The van der Waals surface area contributed by atoms with Crippen molar-refractivity contribution >= 4 is 17.9 Å². The van der Waals surface area contributed by atoms with Gasteiger partial charge in [0, 0.05) is 12.8 Å². The number of nitrogens with zero attached hydrogens (tertiary/aromatic N) is 1. The van der Waals surface area contributed by atoms with Crippen molar-refractivity contribution < 1.29 is 42.9 Å². The van der Waals surface area contributed by atoms with Gasteiger partial charge in [-0.2, -0.15) is 0 Å². The Morgan fingerprint density at radius 1 is 0.326 bits per heavy atom. The maximum absolute atomic E-state index is 13.0. The highest BCUT2D eigenvalue weighted by atomic mass is 16.7. The molecule has 0 aliphatic carbocycles. The number of carbonyl (C=O) groups is 3. The Labute approximate surface area is 588 Å². The number of esters is 2. The summed E-state index contributed by atoms with van der Waals surface area (Å²) in [6.07, 6.45) is 103. The van der Waals surface area contributed by atoms with E-state index in [0.29, 0.717) is 17.4 Å². The number of allylic oxidation sites excluding steroid dienone is 16. The van der Waals surface area contributed by atoms with Gasteiger partial charge in [0.05, 0.1) is 34.4 Å². The highest BCUT2D eigenvalue weighted by molar-refractivity contribution is 5.71. The van der Waals surface area contributed by atoms with E-state index in [1.165, 1.54) is 263 Å². The van der Waals surface area contributed by atoms with E-state index in [2.05, 4.69) is 111 Å². The molecule has 0 radical (unpaired) electrons. The van der Waals surface area contributed by atoms with Crippen LogP contribution in [0.2, 0.25) is 0 Å². The summed E-state index contributed by atoms with van der Waals surface area (Å²) in [6.45, 7) is 4.82. The predicted molar refractivity (Wildman–Crippen MR) is 410 cm³/mol. The standard InChI is InChI=1S/C86H153NO8/c1-6-8-10-12-14-16-18-20-22-24-26-28-30-32-34-36-38-39-40-41-42-43-44-45-47-49-51-53-55-57-59-61-63-65-67-69-71-73-75-77-84(89)95-82(81-94-86(85(90)91)92-79-78-87(3,4)5)80-93-83(88)76-74-72-70-68-66-64-62-60-58-56-54-52-50-48-46-37-35-33-31-29-27-25-23-21-19-17-15-13-11-9-7-2/h8,10,14,16,20,22,25-28,32,34,38-39,41-42,82,86H,6-7,9,11-13,15,17-19,21,23-24,29-31,33,35-37,40,43-81H2,1-5H3/p+1/b10-8-,16-14-,22-20-,27-25-,28-26-,34-32-,39-38-,42-41-. The number of carboxylic acids is 1. The predicted octanol–water partition coefficient (Wildman–Crippen LogP) is 25.9. The minimum absolute atomic E-state index is 0.180. The van der Waals surface area contributed by atoms with Crippen molar-refractivity contribution in [3.05, 3.63) is 97.2 Å². The van der Waals surface area contributed by atoms with Gasteiger partial charge in [-0.15, -0.1) is 0 Å². The summed E-state index contributed by atoms with van der Waals surface area (Å²) in [5.41, 5.74) is 0. The Morgan fingerprint density at radius 2 is 0.600 bits per heavy atom. The van der Waals surface area contributed by atoms with E-state index in [0.717, 1.165) is 83.5 Å². The molecule has 0 saturated heterocycles. The molecule has 0 heterocycles. The molecule has 0 spiro atoms. The second kappa shape index (κ2) is 76.0. The molecule has 2 atom stereocenters. The van der Waals surface area contributed by atoms with Crippen LogP contribution in [0.1, 0.15) is 373 Å². The molecular weight excluding hydrogens is 1170 g/mol. The molecule has 0 fully saturated rings. The van der Waals surface area contributed by atoms with E-state index in [9.17, 15) is 19.5 Å². The zero-order valence-corrected chi connectivity index (χ0v) is 63.1. The Hall–Kier alpha value is -3.79. The number of ether oxygens (including phenoxy) is 4. The molecule has 9 heteroatoms. The Bertz CT molecular complexity index is 1890. The second-order valence-corrected chi connectivity index (χ2v) is 28.3. The van der Waals surface area contributed by atoms with Crippen LogP contribution in [0.3, 0.4) is 0 Å². The summed E-state index contributed by atoms with van der Waals surface area (Å²) in [7, 11) is 5.99. The lowest BCUT2D eigenvalue weighted by Crippen LogP contribution is -2.40. The van der Waals surface area contributed by atoms with Gasteiger partial charge in [-0.3, -0.25) is 9.59 Å². The average molecular weight is 1330 g/mol. The lowest BCUT2D eigenvalue weighted by molar-refractivity contribution is -0.870. The lowest BCUT2D eigenvalue weighted by Gasteiger charge is -2.25. The van der Waals surface area contributed by atoms with Crippen LogP contribution < -0.4 is 0 Å². The number of unbranched alkanes of at least 4 members (excludes halogenated alkanes) is 44. The average Bonchev–Trinajstić information content (AvgIpc) is 2.92. The van der Waals surface area contributed by atoms with E-state index in [1.54, 1.807) is 0 Å². The number of quaternary nitrogens is 1. The first-order chi connectivity index (χ1) is 46.6. The maximum Gasteiger partial charge on any atom is 0.361 e. The van der Waals surface area contributed by atoms with Gasteiger partial charge < -0.3 is 28.5 Å². The molecule has 0 amide bonds. The van der Waals surface area contributed by atoms with E-state index in [-0.39, 0.29) is 38.2 Å². The number of carbonyl (C=O) groups excluding carboxylic acids is 2. The van der Waals surface area contributed by atoms with Crippen LogP contribution in [-0.2, 0) is 33.3 Å². The minimum atomic E-state index is -1.51. The minimum Gasteiger partial charge on any atom is -0.477 e. The first-order valence-corrected chi connectivity index (χ1v) is 40.4. The number of likely N-dealkylation sites (N-methyl/N-ethyl adjacent to an activating group) is 1. The van der Waals surface area contributed by atoms with Crippen molar-refractivity contribution in [2.75, 3.05) is 47.5 Å². The number of carboxylic acid groups (broad SMARTS) is 1. The van der Waals surface area contributed by atoms with Crippen molar-refractivity contribution in [1.82, 2.24) is 0 Å². The van der Waals surface area contributed by atoms with Crippen LogP contribution in [0.15, 0.2) is 97.2 Å². The van der Waals surface area contributed by atoms with Gasteiger partial charge in [0.1, 0.15) is 13.2 Å². The third-order valence-corrected chi connectivity index (χ3v) is 17.8. The normalized spacial score (nSPS) is 13.1. The fraction of sp³-hybridized carbons (Fsp3) is 0.779. The molecule has 0 aromatic carbocycles. The van der Waals surface area contributed by atoms with Gasteiger partial charge in [0.25, 0.3) is 6.29 Å². The maximum atomic E-state index is 13.0. The SMILES string of the molecule is CC/C=C\C/C=C\C/C=C\C/C=C\C/C=C\C/C=C\C/C=C\CCCCCCCCCCCCCCCCCCCC(=O)OC(COC(=O)CCCCCCCCCCCCCCCCCCCCC/C=C\CCCCCCCCCC)COC(OCC[N+](C)(C)C)C(=O)O. The first-order valence-electron chi connectivity index (χ1n) is 40.4. The molecule has 550 valence electrons. The van der Waals surface area contributed by atoms with Crippen LogP contribution >= 0.6 is 0 Å². The molecule has 0 bridgehead atoms. The fourth-order valence-electron chi connectivity index (χ4n) is 11.7. The van der Waals surface area contributed by atoms with Crippen LogP contribution in [0.25, 0.3) is 0 Å². The topological polar surface area (TPSA) is 108 Å². The van der Waals surface area contributed by atoms with Gasteiger partial charge in [0.15, 0.2) is 6.10 Å². The Balaban J connectivity index is 4.01. The molecule has 0 aliphatic rings. The third-order valence-electron chi connectivity index (χ3n) is 17.8.